The van der Waals surface area contributed by atoms with Gasteiger partial charge >= 0.3 is 12.1 Å². The number of nitrogens with zero attached hydrogens (tertiary/aromatic N) is 2. The van der Waals surface area contributed by atoms with Crippen LogP contribution in [0.1, 0.15) is 23.9 Å². The highest BCUT2D eigenvalue weighted by atomic mass is 32.2. The lowest BCUT2D eigenvalue weighted by Crippen LogP contribution is -2.05. The highest BCUT2D eigenvalue weighted by Gasteiger charge is 2.30. The fourth-order valence-corrected chi connectivity index (χ4v) is 2.60. The summed E-state index contributed by atoms with van der Waals surface area (Å²) in [5.41, 5.74) is -0.549. The summed E-state index contributed by atoms with van der Waals surface area (Å²) in [4.78, 5) is 19.4. The first-order valence-electron chi connectivity index (χ1n) is 7.31. The molecule has 1 aromatic heterocycles. The fourth-order valence-electron chi connectivity index (χ4n) is 2.01. The molecule has 0 unspecified atom stereocenters. The van der Waals surface area contributed by atoms with Crippen LogP contribution in [0.3, 0.4) is 0 Å². The lowest BCUT2D eigenvalue weighted by atomic mass is 10.2. The summed E-state index contributed by atoms with van der Waals surface area (Å²) >= 11 is 1.25. The molecule has 0 atom stereocenters. The largest absolute Gasteiger partial charge is 0.478 e. The minimum absolute atomic E-state index is 0.0122. The summed E-state index contributed by atoms with van der Waals surface area (Å²) in [6.45, 7) is 3.00. The van der Waals surface area contributed by atoms with Crippen molar-refractivity contribution < 1.29 is 27.8 Å². The van der Waals surface area contributed by atoms with Gasteiger partial charge in [-0.05, 0) is 44.4 Å². The van der Waals surface area contributed by atoms with Gasteiger partial charge in [-0.1, -0.05) is 6.07 Å². The molecule has 0 saturated heterocycles. The normalized spacial score (nSPS) is 12.2. The Balaban J connectivity index is 2.54. The summed E-state index contributed by atoms with van der Waals surface area (Å²) in [6, 6.07) is 4.37. The van der Waals surface area contributed by atoms with Crippen LogP contribution in [0.4, 0.5) is 13.2 Å². The van der Waals surface area contributed by atoms with E-state index >= 15 is 0 Å². The third-order valence-electron chi connectivity index (χ3n) is 3.25. The molecule has 0 amide bonds. The maximum absolute atomic E-state index is 12.9. The summed E-state index contributed by atoms with van der Waals surface area (Å²) in [5.74, 6) is -0.863. The number of carboxylic acid groups (broad SMARTS) is 1. The Morgan fingerprint density at radius 1 is 1.31 bits per heavy atom. The Morgan fingerprint density at radius 3 is 2.58 bits per heavy atom. The first-order chi connectivity index (χ1) is 12.1. The Kier molecular flexibility index (Phi) is 5.91. The second-order valence-corrected chi connectivity index (χ2v) is 6.05. The number of ether oxygens (including phenoxy) is 1. The molecule has 2 aromatic rings. The van der Waals surface area contributed by atoms with E-state index in [1.54, 1.807) is 13.2 Å². The van der Waals surface area contributed by atoms with Crippen molar-refractivity contribution in [1.29, 1.82) is 0 Å². The molecule has 2 rings (SSSR count). The third-order valence-corrected chi connectivity index (χ3v) is 3.95. The molecule has 0 spiro atoms. The van der Waals surface area contributed by atoms with E-state index in [2.05, 4.69) is 9.97 Å². The molecule has 0 bridgehead atoms. The highest BCUT2D eigenvalue weighted by Crippen LogP contribution is 2.35. The summed E-state index contributed by atoms with van der Waals surface area (Å²) < 4.78 is 44.2. The van der Waals surface area contributed by atoms with Gasteiger partial charge in [-0.15, -0.1) is 11.8 Å². The van der Waals surface area contributed by atoms with Crippen molar-refractivity contribution in [2.75, 3.05) is 6.26 Å². The van der Waals surface area contributed by atoms with Crippen molar-refractivity contribution in [2.24, 2.45) is 0 Å². The van der Waals surface area contributed by atoms with Gasteiger partial charge in [0.15, 0.2) is 0 Å². The molecule has 0 aliphatic rings. The van der Waals surface area contributed by atoms with Crippen molar-refractivity contribution in [3.05, 3.63) is 46.8 Å². The molecule has 1 N–H and O–H groups in total. The van der Waals surface area contributed by atoms with Gasteiger partial charge in [0, 0.05) is 5.57 Å². The van der Waals surface area contributed by atoms with E-state index in [1.807, 2.05) is 0 Å². The van der Waals surface area contributed by atoms with Gasteiger partial charge in [0.05, 0.1) is 11.1 Å². The zero-order chi connectivity index (χ0) is 19.5. The minimum Gasteiger partial charge on any atom is -0.478 e. The smallest absolute Gasteiger partial charge is 0.416 e. The molecule has 0 aliphatic heterocycles. The second kappa shape index (κ2) is 7.77. The van der Waals surface area contributed by atoms with E-state index in [0.29, 0.717) is 16.4 Å². The molecule has 0 fully saturated rings. The van der Waals surface area contributed by atoms with E-state index < -0.39 is 17.7 Å². The van der Waals surface area contributed by atoms with Gasteiger partial charge in [-0.25, -0.2) is 9.78 Å². The first kappa shape index (κ1) is 19.8. The van der Waals surface area contributed by atoms with Gasteiger partial charge in [0.25, 0.3) is 0 Å². The molecular formula is C17H15F3N2O3S. The average Bonchev–Trinajstić information content (AvgIpc) is 2.56. The molecule has 5 nitrogen and oxygen atoms in total. The average molecular weight is 384 g/mol. The van der Waals surface area contributed by atoms with Crippen LogP contribution in [-0.4, -0.2) is 27.3 Å². The number of aromatic nitrogens is 2. The molecular weight excluding hydrogens is 369 g/mol. The Morgan fingerprint density at radius 2 is 2.00 bits per heavy atom. The number of aliphatic carboxylic acids is 1. The fraction of sp³-hybridized carbons (Fsp3) is 0.235. The van der Waals surface area contributed by atoms with E-state index in [0.717, 1.165) is 12.1 Å². The van der Waals surface area contributed by atoms with Crippen molar-refractivity contribution >= 4 is 23.8 Å². The standard InChI is InChI=1S/C17H15F3N2O3S/c1-9(16(23)24)7-13-14(21-10(2)22-15(13)26-3)25-12-6-4-5-11(8-12)17(18,19)20/h4-8H,1-3H3,(H,23,24). The molecule has 1 heterocycles. The topological polar surface area (TPSA) is 72.3 Å². The molecule has 26 heavy (non-hydrogen) atoms. The quantitative estimate of drug-likeness (QED) is 0.453. The monoisotopic (exact) mass is 384 g/mol. The molecule has 0 radical (unpaired) electrons. The van der Waals surface area contributed by atoms with Gasteiger partial charge in [-0.2, -0.15) is 18.2 Å². The van der Waals surface area contributed by atoms with Crippen LogP contribution < -0.4 is 4.74 Å². The summed E-state index contributed by atoms with van der Waals surface area (Å²) in [5, 5.41) is 9.54. The number of halogens is 3. The number of hydrogen-bond donors (Lipinski definition) is 1. The van der Waals surface area contributed by atoms with Crippen molar-refractivity contribution in [2.45, 2.75) is 25.0 Å². The zero-order valence-corrected chi connectivity index (χ0v) is 14.9. The summed E-state index contributed by atoms with van der Waals surface area (Å²) in [6.07, 6.45) is -1.44. The molecule has 9 heteroatoms. The summed E-state index contributed by atoms with van der Waals surface area (Å²) in [7, 11) is 0. The van der Waals surface area contributed by atoms with E-state index in [1.165, 1.54) is 36.9 Å². The maximum atomic E-state index is 12.9. The number of rotatable bonds is 5. The zero-order valence-electron chi connectivity index (χ0n) is 14.1. The highest BCUT2D eigenvalue weighted by molar-refractivity contribution is 7.98. The number of alkyl halides is 3. The molecule has 138 valence electrons. The Hall–Kier alpha value is -2.55. The van der Waals surface area contributed by atoms with Crippen LogP contribution in [0.25, 0.3) is 6.08 Å². The Bertz CT molecular complexity index is 867. The van der Waals surface area contributed by atoms with Crippen LogP contribution >= 0.6 is 11.8 Å². The number of hydrogen-bond acceptors (Lipinski definition) is 5. The number of benzene rings is 1. The number of aryl methyl sites for hydroxylation is 1. The second-order valence-electron chi connectivity index (χ2n) is 5.26. The van der Waals surface area contributed by atoms with Crippen molar-refractivity contribution in [3.63, 3.8) is 0 Å². The van der Waals surface area contributed by atoms with Crippen LogP contribution in [-0.2, 0) is 11.0 Å². The van der Waals surface area contributed by atoms with Crippen LogP contribution in [0.15, 0.2) is 34.9 Å². The van der Waals surface area contributed by atoms with Gasteiger partial charge in [-0.3, -0.25) is 0 Å². The number of carboxylic acids is 1. The van der Waals surface area contributed by atoms with Gasteiger partial charge in [0.1, 0.15) is 16.6 Å². The van der Waals surface area contributed by atoms with Gasteiger partial charge < -0.3 is 9.84 Å². The first-order valence-corrected chi connectivity index (χ1v) is 8.53. The third kappa shape index (κ3) is 4.75. The van der Waals surface area contributed by atoms with Crippen molar-refractivity contribution in [1.82, 2.24) is 9.97 Å². The van der Waals surface area contributed by atoms with Gasteiger partial charge in [0.2, 0.25) is 5.88 Å². The molecule has 0 saturated carbocycles. The molecule has 0 aliphatic carbocycles. The van der Waals surface area contributed by atoms with E-state index in [4.69, 9.17) is 9.84 Å². The van der Waals surface area contributed by atoms with Crippen LogP contribution in [0.2, 0.25) is 0 Å². The van der Waals surface area contributed by atoms with Crippen LogP contribution in [0.5, 0.6) is 11.6 Å². The Labute approximate surface area is 151 Å². The lowest BCUT2D eigenvalue weighted by Gasteiger charge is -2.13. The maximum Gasteiger partial charge on any atom is 0.416 e. The number of thioether (sulfide) groups is 1. The van der Waals surface area contributed by atoms with Crippen molar-refractivity contribution in [3.8, 4) is 11.6 Å². The predicted octanol–water partition coefficient (Wildman–Crippen LogP) is 4.81. The van der Waals surface area contributed by atoms with E-state index in [9.17, 15) is 18.0 Å². The van der Waals surface area contributed by atoms with Crippen LogP contribution in [0, 0.1) is 6.92 Å². The molecule has 1 aromatic carbocycles. The number of carbonyl (C=O) groups is 1. The SMILES string of the molecule is CSc1nc(C)nc(Oc2cccc(C(F)(F)F)c2)c1C=C(C)C(=O)O. The lowest BCUT2D eigenvalue weighted by molar-refractivity contribution is -0.137. The van der Waals surface area contributed by atoms with E-state index in [-0.39, 0.29) is 17.2 Å². The predicted molar refractivity (Wildman–Crippen MR) is 91.4 cm³/mol. The minimum atomic E-state index is -4.51.